The molecule has 0 radical (unpaired) electrons. The van der Waals surface area contributed by atoms with Gasteiger partial charge in [-0.3, -0.25) is 0 Å². The summed E-state index contributed by atoms with van der Waals surface area (Å²) < 4.78 is 10.6. The monoisotopic (exact) mass is 226 g/mol. The van der Waals surface area contributed by atoms with Crippen molar-refractivity contribution >= 4 is 5.95 Å². The average Bonchev–Trinajstić information content (AvgIpc) is 2.81. The van der Waals surface area contributed by atoms with Crippen LogP contribution in [0.2, 0.25) is 0 Å². The maximum atomic E-state index is 5.36. The first-order chi connectivity index (χ1) is 7.85. The van der Waals surface area contributed by atoms with Gasteiger partial charge in [-0.05, 0) is 19.0 Å². The molecule has 0 amide bonds. The van der Waals surface area contributed by atoms with Crippen LogP contribution in [0.25, 0.3) is 0 Å². The molecular weight excluding hydrogens is 208 g/mol. The molecule has 1 aromatic heterocycles. The summed E-state index contributed by atoms with van der Waals surface area (Å²) in [5.74, 6) is 1.27. The van der Waals surface area contributed by atoms with Gasteiger partial charge in [0.15, 0.2) is 0 Å². The Hall–Kier alpha value is -1.14. The van der Waals surface area contributed by atoms with Crippen molar-refractivity contribution in [3.63, 3.8) is 0 Å². The van der Waals surface area contributed by atoms with Gasteiger partial charge in [-0.15, -0.1) is 0 Å². The topological polar surface area (TPSA) is 63.4 Å². The molecule has 0 spiro atoms. The molecule has 1 aromatic rings. The smallest absolute Gasteiger partial charge is 0.266 e. The Balaban J connectivity index is 2.05. The Bertz CT molecular complexity index is 318. The molecule has 1 fully saturated rings. The molecule has 1 saturated heterocycles. The fraction of sp³-hybridized carbons (Fsp3) is 0.800. The Kier molecular flexibility index (Phi) is 3.74. The zero-order valence-electron chi connectivity index (χ0n) is 9.77. The summed E-state index contributed by atoms with van der Waals surface area (Å²) in [6.45, 7) is 8.07. The first kappa shape index (κ1) is 11.3. The second kappa shape index (κ2) is 5.27. The lowest BCUT2D eigenvalue weighted by Gasteiger charge is -2.20. The van der Waals surface area contributed by atoms with E-state index in [1.165, 1.54) is 0 Å². The maximum Gasteiger partial charge on any atom is 0.266 e. The van der Waals surface area contributed by atoms with E-state index < -0.39 is 0 Å². The molecule has 6 nitrogen and oxygen atoms in total. The van der Waals surface area contributed by atoms with E-state index in [1.807, 2.05) is 0 Å². The molecule has 90 valence electrons. The Labute approximate surface area is 95.0 Å². The van der Waals surface area contributed by atoms with Crippen molar-refractivity contribution in [1.29, 1.82) is 0 Å². The van der Waals surface area contributed by atoms with Gasteiger partial charge in [-0.25, -0.2) is 0 Å². The van der Waals surface area contributed by atoms with Gasteiger partial charge in [0.2, 0.25) is 5.89 Å². The number of morpholine rings is 1. The van der Waals surface area contributed by atoms with Crippen LogP contribution in [0.4, 0.5) is 5.95 Å². The van der Waals surface area contributed by atoms with E-state index in [2.05, 4.69) is 34.2 Å². The van der Waals surface area contributed by atoms with E-state index in [0.29, 0.717) is 18.4 Å². The first-order valence-corrected chi connectivity index (χ1v) is 5.74. The molecule has 1 aliphatic heterocycles. The van der Waals surface area contributed by atoms with Crippen LogP contribution in [0, 0.1) is 0 Å². The lowest BCUT2D eigenvalue weighted by molar-refractivity contribution is 0.0659. The molecule has 0 saturated carbocycles. The fourth-order valence-corrected chi connectivity index (χ4v) is 1.73. The van der Waals surface area contributed by atoms with E-state index in [9.17, 15) is 0 Å². The van der Waals surface area contributed by atoms with Crippen molar-refractivity contribution in [2.45, 2.75) is 19.9 Å². The number of hydrogen-bond donors (Lipinski definition) is 1. The minimum absolute atomic E-state index is 0.0329. The zero-order valence-corrected chi connectivity index (χ0v) is 9.77. The van der Waals surface area contributed by atoms with Crippen molar-refractivity contribution < 1.29 is 9.26 Å². The summed E-state index contributed by atoms with van der Waals surface area (Å²) >= 11 is 0. The average molecular weight is 226 g/mol. The second-order valence-electron chi connectivity index (χ2n) is 3.69. The van der Waals surface area contributed by atoms with Crippen LogP contribution in [0.3, 0.4) is 0 Å². The van der Waals surface area contributed by atoms with Crippen LogP contribution in [-0.4, -0.2) is 43.0 Å². The van der Waals surface area contributed by atoms with Gasteiger partial charge in [-0.2, -0.15) is 4.98 Å². The minimum Gasteiger partial charge on any atom is -0.378 e. The molecule has 1 atom stereocenters. The molecule has 1 aliphatic rings. The number of ether oxygens (including phenoxy) is 1. The fourth-order valence-electron chi connectivity index (χ4n) is 1.73. The SMILES string of the molecule is CCN(CC)c1noc(C2COCCN2)n1. The van der Waals surface area contributed by atoms with Crippen molar-refractivity contribution in [1.82, 2.24) is 15.5 Å². The third-order valence-corrected chi connectivity index (χ3v) is 2.70. The van der Waals surface area contributed by atoms with Gasteiger partial charge < -0.3 is 19.5 Å². The maximum absolute atomic E-state index is 5.36. The molecule has 6 heteroatoms. The van der Waals surface area contributed by atoms with Gasteiger partial charge in [0.05, 0.1) is 13.2 Å². The molecular formula is C10H18N4O2. The summed E-state index contributed by atoms with van der Waals surface area (Å²) in [5.41, 5.74) is 0. The third-order valence-electron chi connectivity index (χ3n) is 2.70. The lowest BCUT2D eigenvalue weighted by atomic mass is 10.3. The molecule has 2 rings (SSSR count). The van der Waals surface area contributed by atoms with Crippen LogP contribution in [0.1, 0.15) is 25.8 Å². The highest BCUT2D eigenvalue weighted by molar-refractivity contribution is 5.27. The Morgan fingerprint density at radius 2 is 2.25 bits per heavy atom. The van der Waals surface area contributed by atoms with Crippen molar-refractivity contribution in [2.75, 3.05) is 37.7 Å². The van der Waals surface area contributed by atoms with E-state index >= 15 is 0 Å². The summed E-state index contributed by atoms with van der Waals surface area (Å²) in [5, 5.41) is 7.26. The van der Waals surface area contributed by atoms with Gasteiger partial charge in [0.1, 0.15) is 6.04 Å². The third kappa shape index (κ3) is 2.33. The summed E-state index contributed by atoms with van der Waals surface area (Å²) in [7, 11) is 0. The Morgan fingerprint density at radius 1 is 1.44 bits per heavy atom. The molecule has 0 aliphatic carbocycles. The van der Waals surface area contributed by atoms with E-state index in [0.717, 1.165) is 26.2 Å². The van der Waals surface area contributed by atoms with Gasteiger partial charge in [0.25, 0.3) is 5.95 Å². The number of rotatable bonds is 4. The highest BCUT2D eigenvalue weighted by Gasteiger charge is 2.22. The molecule has 16 heavy (non-hydrogen) atoms. The van der Waals surface area contributed by atoms with E-state index in [1.54, 1.807) is 0 Å². The summed E-state index contributed by atoms with van der Waals surface area (Å²) in [6, 6.07) is 0.0329. The molecule has 1 unspecified atom stereocenters. The molecule has 1 N–H and O–H groups in total. The van der Waals surface area contributed by atoms with Crippen LogP contribution in [0.5, 0.6) is 0 Å². The quantitative estimate of drug-likeness (QED) is 0.810. The number of hydrogen-bond acceptors (Lipinski definition) is 6. The van der Waals surface area contributed by atoms with Gasteiger partial charge in [-0.1, -0.05) is 0 Å². The molecule has 0 aromatic carbocycles. The second-order valence-corrected chi connectivity index (χ2v) is 3.69. The standard InChI is InChI=1S/C10H18N4O2/c1-3-14(4-2)10-12-9(16-13-10)8-7-15-6-5-11-8/h8,11H,3-7H2,1-2H3. The number of aromatic nitrogens is 2. The molecule has 2 heterocycles. The predicted octanol–water partition coefficient (Wildman–Crippen LogP) is 0.577. The number of nitrogens with zero attached hydrogens (tertiary/aromatic N) is 3. The summed E-state index contributed by atoms with van der Waals surface area (Å²) in [4.78, 5) is 6.43. The summed E-state index contributed by atoms with van der Waals surface area (Å²) in [6.07, 6.45) is 0. The van der Waals surface area contributed by atoms with E-state index in [-0.39, 0.29) is 6.04 Å². The van der Waals surface area contributed by atoms with Crippen molar-refractivity contribution in [3.8, 4) is 0 Å². The Morgan fingerprint density at radius 3 is 2.88 bits per heavy atom. The van der Waals surface area contributed by atoms with Crippen LogP contribution in [-0.2, 0) is 4.74 Å². The van der Waals surface area contributed by atoms with Crippen LogP contribution < -0.4 is 10.2 Å². The largest absolute Gasteiger partial charge is 0.378 e. The zero-order chi connectivity index (χ0) is 11.4. The number of nitrogens with one attached hydrogen (secondary N) is 1. The van der Waals surface area contributed by atoms with Crippen LogP contribution in [0.15, 0.2) is 4.52 Å². The highest BCUT2D eigenvalue weighted by atomic mass is 16.5. The van der Waals surface area contributed by atoms with E-state index in [4.69, 9.17) is 9.26 Å². The van der Waals surface area contributed by atoms with Gasteiger partial charge >= 0.3 is 0 Å². The highest BCUT2D eigenvalue weighted by Crippen LogP contribution is 2.17. The van der Waals surface area contributed by atoms with Crippen LogP contribution >= 0.6 is 0 Å². The lowest BCUT2D eigenvalue weighted by Crippen LogP contribution is -2.34. The predicted molar refractivity (Wildman–Crippen MR) is 59.4 cm³/mol. The molecule has 0 bridgehead atoms. The van der Waals surface area contributed by atoms with Crippen molar-refractivity contribution in [2.24, 2.45) is 0 Å². The normalized spacial score (nSPS) is 21.0. The van der Waals surface area contributed by atoms with Crippen molar-refractivity contribution in [3.05, 3.63) is 5.89 Å². The minimum atomic E-state index is 0.0329. The number of anilines is 1. The van der Waals surface area contributed by atoms with Gasteiger partial charge in [0, 0.05) is 19.6 Å². The first-order valence-electron chi connectivity index (χ1n) is 5.74.